The maximum Gasteiger partial charge on any atom is 0.335 e. The van der Waals surface area contributed by atoms with Crippen LogP contribution in [0.25, 0.3) is 0 Å². The molecule has 1 aliphatic rings. The molecule has 0 atom stereocenters. The molecule has 0 saturated heterocycles. The Morgan fingerprint density at radius 1 is 1.37 bits per heavy atom. The Balaban J connectivity index is 1.93. The molecule has 0 aromatic heterocycles. The molecular weight excluding hydrogens is 246 g/mol. The summed E-state index contributed by atoms with van der Waals surface area (Å²) in [4.78, 5) is 11.4. The van der Waals surface area contributed by atoms with Gasteiger partial charge in [-0.15, -0.1) is 0 Å². The second-order valence-electron chi connectivity index (χ2n) is 4.04. The summed E-state index contributed by atoms with van der Waals surface area (Å²) >= 11 is 0. The zero-order valence-corrected chi connectivity index (χ0v) is 10.9. The van der Waals surface area contributed by atoms with E-state index in [1.165, 1.54) is 0 Å². The van der Waals surface area contributed by atoms with Crippen molar-refractivity contribution in [2.45, 2.75) is 6.92 Å². The highest BCUT2D eigenvalue weighted by molar-refractivity contribution is 5.88. The third-order valence-electron chi connectivity index (χ3n) is 2.61. The summed E-state index contributed by atoms with van der Waals surface area (Å²) in [5.41, 5.74) is 1.23. The summed E-state index contributed by atoms with van der Waals surface area (Å²) in [6, 6.07) is 5.54. The minimum atomic E-state index is -0.382. The van der Waals surface area contributed by atoms with Gasteiger partial charge in [0.1, 0.15) is 13.2 Å². The van der Waals surface area contributed by atoms with Crippen LogP contribution in [0.3, 0.4) is 0 Å². The Bertz CT molecular complexity index is 484. The third kappa shape index (κ3) is 3.40. The molecule has 0 bridgehead atoms. The van der Waals surface area contributed by atoms with Gasteiger partial charge in [0.15, 0.2) is 11.5 Å². The highest BCUT2D eigenvalue weighted by atomic mass is 16.6. The van der Waals surface area contributed by atoms with Crippen molar-refractivity contribution in [3.8, 4) is 11.5 Å². The molecule has 0 fully saturated rings. The lowest BCUT2D eigenvalue weighted by atomic mass is 10.2. The van der Waals surface area contributed by atoms with Crippen molar-refractivity contribution in [1.82, 2.24) is 0 Å². The van der Waals surface area contributed by atoms with Crippen LogP contribution in [0.4, 0.5) is 5.69 Å². The van der Waals surface area contributed by atoms with Crippen LogP contribution in [0.5, 0.6) is 11.5 Å². The minimum Gasteiger partial charge on any atom is -0.486 e. The fraction of sp³-hybridized carbons (Fsp3) is 0.357. The number of fused-ring (bicyclic) bond motifs is 1. The Hall–Kier alpha value is -2.17. The Morgan fingerprint density at radius 2 is 2.11 bits per heavy atom. The van der Waals surface area contributed by atoms with E-state index in [0.717, 1.165) is 11.4 Å². The molecule has 1 heterocycles. The van der Waals surface area contributed by atoms with Crippen LogP contribution in [-0.2, 0) is 9.53 Å². The smallest absolute Gasteiger partial charge is 0.335 e. The van der Waals surface area contributed by atoms with Gasteiger partial charge in [-0.2, -0.15) is 0 Å². The van der Waals surface area contributed by atoms with Crippen LogP contribution in [0.15, 0.2) is 30.4 Å². The fourth-order valence-electron chi connectivity index (χ4n) is 1.67. The molecule has 102 valence electrons. The first-order chi connectivity index (χ1) is 9.20. The van der Waals surface area contributed by atoms with Gasteiger partial charge >= 0.3 is 5.97 Å². The monoisotopic (exact) mass is 263 g/mol. The molecule has 5 nitrogen and oxygen atoms in total. The number of carbonyl (C=O) groups excluding carboxylic acids is 1. The number of hydrogen-bond acceptors (Lipinski definition) is 5. The molecule has 1 aliphatic heterocycles. The van der Waals surface area contributed by atoms with E-state index in [1.54, 1.807) is 6.92 Å². The van der Waals surface area contributed by atoms with E-state index in [9.17, 15) is 4.79 Å². The van der Waals surface area contributed by atoms with E-state index in [-0.39, 0.29) is 5.97 Å². The van der Waals surface area contributed by atoms with E-state index in [2.05, 4.69) is 11.9 Å². The molecule has 1 N–H and O–H groups in total. The van der Waals surface area contributed by atoms with Gasteiger partial charge in [-0.05, 0) is 19.1 Å². The molecule has 0 spiro atoms. The normalized spacial score (nSPS) is 12.7. The van der Waals surface area contributed by atoms with Crippen LogP contribution in [0, 0.1) is 0 Å². The predicted molar refractivity (Wildman–Crippen MR) is 71.7 cm³/mol. The molecule has 1 aromatic rings. The number of benzene rings is 1. The number of carbonyl (C=O) groups is 1. The van der Waals surface area contributed by atoms with Crippen LogP contribution < -0.4 is 14.8 Å². The van der Waals surface area contributed by atoms with Gasteiger partial charge in [0.25, 0.3) is 0 Å². The minimum absolute atomic E-state index is 0.332. The molecule has 0 amide bonds. The van der Waals surface area contributed by atoms with Gasteiger partial charge in [-0.1, -0.05) is 6.58 Å². The molecule has 1 aromatic carbocycles. The lowest BCUT2D eigenvalue weighted by molar-refractivity contribution is -0.138. The zero-order valence-electron chi connectivity index (χ0n) is 10.9. The SMILES string of the molecule is C=C(CNc1ccc2c(c1)OCCO2)C(=O)OCC. The Labute approximate surface area is 112 Å². The van der Waals surface area contributed by atoms with Crippen molar-refractivity contribution in [3.63, 3.8) is 0 Å². The molecule has 0 aliphatic carbocycles. The van der Waals surface area contributed by atoms with Crippen LogP contribution in [-0.4, -0.2) is 32.3 Å². The van der Waals surface area contributed by atoms with Gasteiger partial charge in [0.2, 0.25) is 0 Å². The standard InChI is InChI=1S/C14H17NO4/c1-3-17-14(16)10(2)9-15-11-4-5-12-13(8-11)19-7-6-18-12/h4-5,8,15H,2-3,6-7,9H2,1H3. The zero-order chi connectivity index (χ0) is 13.7. The van der Waals surface area contributed by atoms with Crippen molar-refractivity contribution in [1.29, 1.82) is 0 Å². The average Bonchev–Trinajstić information content (AvgIpc) is 2.44. The maximum absolute atomic E-state index is 11.4. The highest BCUT2D eigenvalue weighted by Gasteiger charge is 2.12. The molecule has 5 heteroatoms. The van der Waals surface area contributed by atoms with Crippen LogP contribution in [0.2, 0.25) is 0 Å². The van der Waals surface area contributed by atoms with E-state index in [0.29, 0.717) is 37.7 Å². The summed E-state index contributed by atoms with van der Waals surface area (Å²) < 4.78 is 15.8. The molecule has 0 unspecified atom stereocenters. The Kier molecular flexibility index (Phi) is 4.28. The highest BCUT2D eigenvalue weighted by Crippen LogP contribution is 2.32. The summed E-state index contributed by atoms with van der Waals surface area (Å²) in [7, 11) is 0. The van der Waals surface area contributed by atoms with Gasteiger partial charge < -0.3 is 19.5 Å². The number of nitrogens with one attached hydrogen (secondary N) is 1. The molecular formula is C14H17NO4. The molecule has 19 heavy (non-hydrogen) atoms. The van der Waals surface area contributed by atoms with Gasteiger partial charge in [-0.25, -0.2) is 4.79 Å². The topological polar surface area (TPSA) is 56.8 Å². The van der Waals surface area contributed by atoms with E-state index in [1.807, 2.05) is 18.2 Å². The second-order valence-corrected chi connectivity index (χ2v) is 4.04. The molecule has 2 rings (SSSR count). The van der Waals surface area contributed by atoms with Crippen molar-refractivity contribution in [2.75, 3.05) is 31.7 Å². The number of esters is 1. The lowest BCUT2D eigenvalue weighted by Gasteiger charge is -2.19. The number of anilines is 1. The number of ether oxygens (including phenoxy) is 3. The van der Waals surface area contributed by atoms with Crippen LogP contribution in [0.1, 0.15) is 6.92 Å². The first-order valence-corrected chi connectivity index (χ1v) is 6.19. The largest absolute Gasteiger partial charge is 0.486 e. The first kappa shape index (κ1) is 13.3. The second kappa shape index (κ2) is 6.13. The molecule has 0 radical (unpaired) electrons. The van der Waals surface area contributed by atoms with E-state index < -0.39 is 0 Å². The van der Waals surface area contributed by atoms with E-state index >= 15 is 0 Å². The van der Waals surface area contributed by atoms with Gasteiger partial charge in [-0.3, -0.25) is 0 Å². The average molecular weight is 263 g/mol. The third-order valence-corrected chi connectivity index (χ3v) is 2.61. The lowest BCUT2D eigenvalue weighted by Crippen LogP contribution is -2.16. The Morgan fingerprint density at radius 3 is 2.84 bits per heavy atom. The first-order valence-electron chi connectivity index (χ1n) is 6.19. The van der Waals surface area contributed by atoms with Crippen LogP contribution >= 0.6 is 0 Å². The van der Waals surface area contributed by atoms with Crippen molar-refractivity contribution >= 4 is 11.7 Å². The summed E-state index contributed by atoms with van der Waals surface area (Å²) in [5.74, 6) is 1.06. The number of hydrogen-bond donors (Lipinski definition) is 1. The van der Waals surface area contributed by atoms with Gasteiger partial charge in [0.05, 0.1) is 6.61 Å². The predicted octanol–water partition coefficient (Wildman–Crippen LogP) is 1.99. The quantitative estimate of drug-likeness (QED) is 0.650. The number of rotatable bonds is 5. The molecule has 0 saturated carbocycles. The van der Waals surface area contributed by atoms with Crippen molar-refractivity contribution in [2.24, 2.45) is 0 Å². The van der Waals surface area contributed by atoms with Crippen molar-refractivity contribution < 1.29 is 19.0 Å². The van der Waals surface area contributed by atoms with Crippen molar-refractivity contribution in [3.05, 3.63) is 30.4 Å². The fourth-order valence-corrected chi connectivity index (χ4v) is 1.67. The summed E-state index contributed by atoms with van der Waals surface area (Å²) in [6.45, 7) is 7.24. The maximum atomic E-state index is 11.4. The summed E-state index contributed by atoms with van der Waals surface area (Å²) in [6.07, 6.45) is 0. The summed E-state index contributed by atoms with van der Waals surface area (Å²) in [5, 5.41) is 3.10. The van der Waals surface area contributed by atoms with Gasteiger partial charge in [0, 0.05) is 23.9 Å². The van der Waals surface area contributed by atoms with E-state index in [4.69, 9.17) is 14.2 Å².